The highest BCUT2D eigenvalue weighted by Crippen LogP contribution is 2.26. The van der Waals surface area contributed by atoms with Crippen LogP contribution >= 0.6 is 31.9 Å². The summed E-state index contributed by atoms with van der Waals surface area (Å²) in [6, 6.07) is 5.08. The summed E-state index contributed by atoms with van der Waals surface area (Å²) in [6.45, 7) is 0.580. The van der Waals surface area contributed by atoms with Crippen LogP contribution in [-0.4, -0.2) is 25.0 Å². The number of hydrogen-bond acceptors (Lipinski definition) is 3. The Balaban J connectivity index is 2.83. The van der Waals surface area contributed by atoms with Gasteiger partial charge in [0.15, 0.2) is 0 Å². The van der Waals surface area contributed by atoms with Crippen LogP contribution in [0, 0.1) is 0 Å². The number of ether oxygens (including phenoxy) is 2. The van der Waals surface area contributed by atoms with Crippen LogP contribution in [0.25, 0.3) is 0 Å². The number of halogens is 2. The van der Waals surface area contributed by atoms with Crippen molar-refractivity contribution < 1.29 is 14.3 Å². The number of benzene rings is 1. The minimum absolute atomic E-state index is 0.359. The molecule has 0 aromatic heterocycles. The number of alkyl halides is 1. The van der Waals surface area contributed by atoms with Crippen LogP contribution in [-0.2, 0) is 4.74 Å². The van der Waals surface area contributed by atoms with Crippen molar-refractivity contribution in [2.24, 2.45) is 0 Å². The molecule has 1 aromatic carbocycles. The van der Waals surface area contributed by atoms with Crippen LogP contribution < -0.4 is 4.74 Å². The number of rotatable bonds is 4. The minimum atomic E-state index is -0.359. The normalized spacial score (nSPS) is 9.80. The molecule has 0 fully saturated rings. The Labute approximate surface area is 105 Å². The summed E-state index contributed by atoms with van der Waals surface area (Å²) in [7, 11) is 1.35. The van der Waals surface area contributed by atoms with Crippen molar-refractivity contribution in [3.8, 4) is 5.75 Å². The summed E-state index contributed by atoms with van der Waals surface area (Å²) < 4.78 is 10.8. The topological polar surface area (TPSA) is 35.5 Å². The average molecular weight is 338 g/mol. The smallest absolute Gasteiger partial charge is 0.337 e. The van der Waals surface area contributed by atoms with Gasteiger partial charge in [0.05, 0.1) is 23.8 Å². The molecule has 0 atom stereocenters. The molecule has 0 saturated carbocycles. The largest absolute Gasteiger partial charge is 0.492 e. The number of carbonyl (C=O) groups is 1. The zero-order chi connectivity index (χ0) is 11.3. The Bertz CT molecular complexity index is 353. The first-order valence-electron chi connectivity index (χ1n) is 4.25. The molecule has 15 heavy (non-hydrogen) atoms. The second-order valence-corrected chi connectivity index (χ2v) is 4.32. The van der Waals surface area contributed by atoms with Crippen molar-refractivity contribution in [1.29, 1.82) is 0 Å². The summed E-state index contributed by atoms with van der Waals surface area (Å²) in [6.07, 6.45) is 0. The standard InChI is InChI=1S/C10H10Br2O3/c1-14-10(13)7-2-3-9(8(12)6-7)15-5-4-11/h2-3,6H,4-5H2,1H3. The molecule has 0 saturated heterocycles. The van der Waals surface area contributed by atoms with E-state index in [1.807, 2.05) is 0 Å². The fourth-order valence-corrected chi connectivity index (χ4v) is 1.67. The Morgan fingerprint density at radius 2 is 2.20 bits per heavy atom. The molecule has 0 bridgehead atoms. The Hall–Kier alpha value is -0.550. The second-order valence-electron chi connectivity index (χ2n) is 2.67. The van der Waals surface area contributed by atoms with Crippen molar-refractivity contribution in [3.63, 3.8) is 0 Å². The van der Waals surface area contributed by atoms with Crippen LogP contribution in [0.4, 0.5) is 0 Å². The maximum atomic E-state index is 11.2. The highest BCUT2D eigenvalue weighted by Gasteiger charge is 2.08. The lowest BCUT2D eigenvalue weighted by atomic mass is 10.2. The molecule has 0 radical (unpaired) electrons. The van der Waals surface area contributed by atoms with Gasteiger partial charge in [-0.15, -0.1) is 0 Å². The SMILES string of the molecule is COC(=O)c1ccc(OCCBr)c(Br)c1. The van der Waals surface area contributed by atoms with Crippen molar-refractivity contribution in [3.05, 3.63) is 28.2 Å². The van der Waals surface area contributed by atoms with E-state index in [1.54, 1.807) is 18.2 Å². The molecule has 82 valence electrons. The minimum Gasteiger partial charge on any atom is -0.492 e. The lowest BCUT2D eigenvalue weighted by molar-refractivity contribution is 0.0600. The third-order valence-electron chi connectivity index (χ3n) is 1.69. The Kier molecular flexibility index (Phi) is 5.11. The number of esters is 1. The van der Waals surface area contributed by atoms with E-state index >= 15 is 0 Å². The molecule has 0 amide bonds. The molecular weight excluding hydrogens is 328 g/mol. The highest BCUT2D eigenvalue weighted by molar-refractivity contribution is 9.10. The molecule has 5 heteroatoms. The van der Waals surface area contributed by atoms with Crippen LogP contribution in [0.15, 0.2) is 22.7 Å². The molecule has 0 unspecified atom stereocenters. The summed E-state index contributed by atoms with van der Waals surface area (Å²) in [5.41, 5.74) is 0.496. The van der Waals surface area contributed by atoms with Crippen LogP contribution in [0.2, 0.25) is 0 Å². The molecule has 0 aliphatic carbocycles. The fourth-order valence-electron chi connectivity index (χ4n) is 1.01. The lowest BCUT2D eigenvalue weighted by Crippen LogP contribution is -2.02. The maximum Gasteiger partial charge on any atom is 0.337 e. The van der Waals surface area contributed by atoms with E-state index in [0.29, 0.717) is 17.9 Å². The number of methoxy groups -OCH3 is 1. The van der Waals surface area contributed by atoms with Gasteiger partial charge in [0.2, 0.25) is 0 Å². The third kappa shape index (κ3) is 3.50. The van der Waals surface area contributed by atoms with Crippen LogP contribution in [0.5, 0.6) is 5.75 Å². The fraction of sp³-hybridized carbons (Fsp3) is 0.300. The van der Waals surface area contributed by atoms with Crippen LogP contribution in [0.3, 0.4) is 0 Å². The molecule has 0 aliphatic heterocycles. The third-order valence-corrected chi connectivity index (χ3v) is 2.63. The molecule has 1 rings (SSSR count). The summed E-state index contributed by atoms with van der Waals surface area (Å²) >= 11 is 6.59. The first-order chi connectivity index (χ1) is 7.19. The maximum absolute atomic E-state index is 11.2. The van der Waals surface area contributed by atoms with E-state index in [-0.39, 0.29) is 5.97 Å². The Morgan fingerprint density at radius 1 is 1.47 bits per heavy atom. The molecule has 1 aromatic rings. The lowest BCUT2D eigenvalue weighted by Gasteiger charge is -2.07. The van der Waals surface area contributed by atoms with Gasteiger partial charge in [-0.3, -0.25) is 0 Å². The van der Waals surface area contributed by atoms with Gasteiger partial charge in [-0.2, -0.15) is 0 Å². The highest BCUT2D eigenvalue weighted by atomic mass is 79.9. The van der Waals surface area contributed by atoms with E-state index < -0.39 is 0 Å². The van der Waals surface area contributed by atoms with Gasteiger partial charge in [-0.05, 0) is 34.1 Å². The van der Waals surface area contributed by atoms with Gasteiger partial charge < -0.3 is 9.47 Å². The van der Waals surface area contributed by atoms with Crippen molar-refractivity contribution >= 4 is 37.8 Å². The number of carbonyl (C=O) groups excluding carboxylic acids is 1. The second kappa shape index (κ2) is 6.12. The zero-order valence-electron chi connectivity index (χ0n) is 8.13. The molecule has 0 aliphatic rings. The van der Waals surface area contributed by atoms with E-state index in [0.717, 1.165) is 9.80 Å². The van der Waals surface area contributed by atoms with Gasteiger partial charge in [-0.25, -0.2) is 4.79 Å². The Morgan fingerprint density at radius 3 is 2.73 bits per heavy atom. The molecule has 0 spiro atoms. The first kappa shape index (κ1) is 12.5. The van der Waals surface area contributed by atoms with Gasteiger partial charge in [0.1, 0.15) is 5.75 Å². The van der Waals surface area contributed by atoms with E-state index in [4.69, 9.17) is 4.74 Å². The molecular formula is C10H10Br2O3. The summed E-state index contributed by atoms with van der Waals surface area (Å²) in [4.78, 5) is 11.2. The number of hydrogen-bond donors (Lipinski definition) is 0. The van der Waals surface area contributed by atoms with Crippen molar-refractivity contribution in [1.82, 2.24) is 0 Å². The van der Waals surface area contributed by atoms with Gasteiger partial charge in [0.25, 0.3) is 0 Å². The average Bonchev–Trinajstić information content (AvgIpc) is 2.26. The van der Waals surface area contributed by atoms with Crippen LogP contribution in [0.1, 0.15) is 10.4 Å². The van der Waals surface area contributed by atoms with E-state index in [2.05, 4.69) is 36.6 Å². The van der Waals surface area contributed by atoms with Gasteiger partial charge >= 0.3 is 5.97 Å². The van der Waals surface area contributed by atoms with Crippen molar-refractivity contribution in [2.75, 3.05) is 19.0 Å². The molecule has 0 heterocycles. The first-order valence-corrected chi connectivity index (χ1v) is 6.17. The van der Waals surface area contributed by atoms with Gasteiger partial charge in [0, 0.05) is 5.33 Å². The van der Waals surface area contributed by atoms with E-state index in [9.17, 15) is 4.79 Å². The van der Waals surface area contributed by atoms with Crippen molar-refractivity contribution in [2.45, 2.75) is 0 Å². The summed E-state index contributed by atoms with van der Waals surface area (Å²) in [5.74, 6) is 0.352. The van der Waals surface area contributed by atoms with Gasteiger partial charge in [-0.1, -0.05) is 15.9 Å². The predicted octanol–water partition coefficient (Wildman–Crippen LogP) is 3.01. The molecule has 3 nitrogen and oxygen atoms in total. The summed E-state index contributed by atoms with van der Waals surface area (Å²) in [5, 5.41) is 0.762. The quantitative estimate of drug-likeness (QED) is 0.626. The monoisotopic (exact) mass is 336 g/mol. The predicted molar refractivity (Wildman–Crippen MR) is 64.8 cm³/mol. The van der Waals surface area contributed by atoms with E-state index in [1.165, 1.54) is 7.11 Å². The molecule has 0 N–H and O–H groups in total. The zero-order valence-corrected chi connectivity index (χ0v) is 11.3.